The SMILES string of the molecule is Cc1cc(CN2CCCC(F)(c3nc(-c4ccncc4)no3)C2)n(C)n1. The van der Waals surface area contributed by atoms with Crippen LogP contribution >= 0.6 is 0 Å². The molecule has 1 saturated heterocycles. The molecule has 26 heavy (non-hydrogen) atoms. The third-order valence-corrected chi connectivity index (χ3v) is 4.75. The molecule has 1 unspecified atom stereocenters. The molecule has 1 atom stereocenters. The van der Waals surface area contributed by atoms with E-state index in [0.717, 1.165) is 29.9 Å². The van der Waals surface area contributed by atoms with E-state index in [-0.39, 0.29) is 12.4 Å². The van der Waals surface area contributed by atoms with Crippen molar-refractivity contribution in [3.8, 4) is 11.4 Å². The highest BCUT2D eigenvalue weighted by molar-refractivity contribution is 5.52. The van der Waals surface area contributed by atoms with Gasteiger partial charge < -0.3 is 4.52 Å². The first-order valence-corrected chi connectivity index (χ1v) is 8.69. The fourth-order valence-corrected chi connectivity index (χ4v) is 3.47. The van der Waals surface area contributed by atoms with E-state index in [9.17, 15) is 0 Å². The molecule has 1 aliphatic rings. The molecule has 0 amide bonds. The quantitative estimate of drug-likeness (QED) is 0.715. The lowest BCUT2D eigenvalue weighted by molar-refractivity contribution is 0.0115. The molecule has 8 heteroatoms. The fraction of sp³-hybridized carbons (Fsp3) is 0.444. The molecule has 0 N–H and O–H groups in total. The summed E-state index contributed by atoms with van der Waals surface area (Å²) >= 11 is 0. The molecule has 0 radical (unpaired) electrons. The Labute approximate surface area is 150 Å². The molecule has 7 nitrogen and oxygen atoms in total. The minimum Gasteiger partial charge on any atom is -0.335 e. The first-order valence-electron chi connectivity index (χ1n) is 8.69. The smallest absolute Gasteiger partial charge is 0.265 e. The molecule has 0 saturated carbocycles. The van der Waals surface area contributed by atoms with Crippen molar-refractivity contribution in [1.82, 2.24) is 29.8 Å². The summed E-state index contributed by atoms with van der Waals surface area (Å²) in [6.07, 6.45) is 4.41. The van der Waals surface area contributed by atoms with E-state index in [1.165, 1.54) is 0 Å². The standard InChI is InChI=1S/C18H21FN6O/c1-13-10-15(24(2)22-13)11-25-9-3-6-18(19,12-25)17-21-16(23-26-17)14-4-7-20-8-5-14/h4-5,7-8,10H,3,6,9,11-12H2,1-2H3. The summed E-state index contributed by atoms with van der Waals surface area (Å²) in [5.41, 5.74) is 1.15. The molecule has 4 rings (SSSR count). The molecule has 0 spiro atoms. The fourth-order valence-electron chi connectivity index (χ4n) is 3.47. The van der Waals surface area contributed by atoms with Crippen LogP contribution in [0, 0.1) is 6.92 Å². The van der Waals surface area contributed by atoms with Crippen LogP contribution in [-0.4, -0.2) is 42.9 Å². The number of alkyl halides is 1. The maximum Gasteiger partial charge on any atom is 0.265 e. The average Bonchev–Trinajstić information content (AvgIpc) is 3.23. The lowest BCUT2D eigenvalue weighted by atomic mass is 9.94. The van der Waals surface area contributed by atoms with Crippen LogP contribution in [0.5, 0.6) is 0 Å². The van der Waals surface area contributed by atoms with E-state index >= 15 is 4.39 Å². The number of pyridine rings is 1. The number of hydrogen-bond donors (Lipinski definition) is 0. The van der Waals surface area contributed by atoms with Gasteiger partial charge in [-0.3, -0.25) is 14.6 Å². The number of aryl methyl sites for hydroxylation is 2. The van der Waals surface area contributed by atoms with E-state index in [4.69, 9.17) is 4.52 Å². The monoisotopic (exact) mass is 356 g/mol. The normalized spacial score (nSPS) is 21.2. The summed E-state index contributed by atoms with van der Waals surface area (Å²) in [5.74, 6) is 0.439. The van der Waals surface area contributed by atoms with Crippen molar-refractivity contribution in [1.29, 1.82) is 0 Å². The van der Waals surface area contributed by atoms with Gasteiger partial charge >= 0.3 is 0 Å². The van der Waals surface area contributed by atoms with Gasteiger partial charge in [-0.25, -0.2) is 4.39 Å². The van der Waals surface area contributed by atoms with Gasteiger partial charge in [0.05, 0.1) is 11.4 Å². The summed E-state index contributed by atoms with van der Waals surface area (Å²) in [7, 11) is 1.91. The van der Waals surface area contributed by atoms with Crippen LogP contribution in [-0.2, 0) is 19.3 Å². The van der Waals surface area contributed by atoms with Gasteiger partial charge in [-0.2, -0.15) is 10.1 Å². The van der Waals surface area contributed by atoms with Gasteiger partial charge in [0.2, 0.25) is 11.5 Å². The number of piperidine rings is 1. The van der Waals surface area contributed by atoms with Crippen LogP contribution in [0.2, 0.25) is 0 Å². The van der Waals surface area contributed by atoms with Gasteiger partial charge in [0, 0.05) is 38.1 Å². The minimum absolute atomic E-state index is 0.0511. The van der Waals surface area contributed by atoms with Gasteiger partial charge in [0.1, 0.15) is 0 Å². The maximum absolute atomic E-state index is 15.6. The van der Waals surface area contributed by atoms with Crippen molar-refractivity contribution in [2.75, 3.05) is 13.1 Å². The zero-order valence-corrected chi connectivity index (χ0v) is 14.9. The first-order chi connectivity index (χ1) is 12.5. The minimum atomic E-state index is -1.63. The highest BCUT2D eigenvalue weighted by Crippen LogP contribution is 2.36. The largest absolute Gasteiger partial charge is 0.335 e. The second-order valence-electron chi connectivity index (χ2n) is 6.84. The van der Waals surface area contributed by atoms with E-state index < -0.39 is 5.67 Å². The lowest BCUT2D eigenvalue weighted by Gasteiger charge is -2.34. The summed E-state index contributed by atoms with van der Waals surface area (Å²) < 4.78 is 22.8. The van der Waals surface area contributed by atoms with Gasteiger partial charge in [-0.05, 0) is 44.5 Å². The highest BCUT2D eigenvalue weighted by atomic mass is 19.1. The number of hydrogen-bond acceptors (Lipinski definition) is 6. The van der Waals surface area contributed by atoms with Crippen LogP contribution in [0.4, 0.5) is 4.39 Å². The topological polar surface area (TPSA) is 72.9 Å². The summed E-state index contributed by atoms with van der Waals surface area (Å²) in [6, 6.07) is 5.58. The van der Waals surface area contributed by atoms with Crippen molar-refractivity contribution >= 4 is 0 Å². The van der Waals surface area contributed by atoms with Crippen molar-refractivity contribution in [2.24, 2.45) is 7.05 Å². The Balaban J connectivity index is 1.52. The Morgan fingerprint density at radius 1 is 1.31 bits per heavy atom. The third kappa shape index (κ3) is 3.24. The molecule has 0 aromatic carbocycles. The first kappa shape index (κ1) is 16.8. The Hall–Kier alpha value is -2.61. The van der Waals surface area contributed by atoms with E-state index in [1.54, 1.807) is 24.5 Å². The van der Waals surface area contributed by atoms with Gasteiger partial charge in [-0.1, -0.05) is 5.16 Å². The molecule has 1 fully saturated rings. The number of likely N-dealkylation sites (tertiary alicyclic amines) is 1. The molecule has 1 aliphatic heterocycles. The van der Waals surface area contributed by atoms with Gasteiger partial charge in [-0.15, -0.1) is 0 Å². The molecular formula is C18H21FN6O. The van der Waals surface area contributed by atoms with Crippen LogP contribution < -0.4 is 0 Å². The second kappa shape index (κ2) is 6.60. The third-order valence-electron chi connectivity index (χ3n) is 4.75. The van der Waals surface area contributed by atoms with Crippen molar-refractivity contribution in [2.45, 2.75) is 32.0 Å². The Bertz CT molecular complexity index is 892. The van der Waals surface area contributed by atoms with E-state index in [2.05, 4.69) is 25.1 Å². The number of aromatic nitrogens is 5. The molecule has 4 heterocycles. The summed E-state index contributed by atoms with van der Waals surface area (Å²) in [6.45, 7) is 3.67. The van der Waals surface area contributed by atoms with Crippen molar-refractivity contribution < 1.29 is 8.91 Å². The van der Waals surface area contributed by atoms with E-state index in [0.29, 0.717) is 18.8 Å². The zero-order chi connectivity index (χ0) is 18.1. The molecule has 0 bridgehead atoms. The average molecular weight is 356 g/mol. The predicted octanol–water partition coefficient (Wildman–Crippen LogP) is 2.63. The second-order valence-corrected chi connectivity index (χ2v) is 6.84. The van der Waals surface area contributed by atoms with Crippen LogP contribution in [0.3, 0.4) is 0 Å². The van der Waals surface area contributed by atoms with Crippen LogP contribution in [0.1, 0.15) is 30.1 Å². The van der Waals surface area contributed by atoms with Crippen LogP contribution in [0.25, 0.3) is 11.4 Å². The van der Waals surface area contributed by atoms with Crippen molar-refractivity contribution in [3.63, 3.8) is 0 Å². The van der Waals surface area contributed by atoms with Crippen LogP contribution in [0.15, 0.2) is 35.1 Å². The molecular weight excluding hydrogens is 335 g/mol. The molecule has 0 aliphatic carbocycles. The maximum atomic E-state index is 15.6. The highest BCUT2D eigenvalue weighted by Gasteiger charge is 2.42. The Morgan fingerprint density at radius 3 is 2.85 bits per heavy atom. The molecule has 136 valence electrons. The number of halogens is 1. The number of nitrogens with zero attached hydrogens (tertiary/aromatic N) is 6. The van der Waals surface area contributed by atoms with E-state index in [1.807, 2.05) is 24.7 Å². The molecule has 3 aromatic rings. The lowest BCUT2D eigenvalue weighted by Crippen LogP contribution is -2.43. The Kier molecular flexibility index (Phi) is 4.28. The summed E-state index contributed by atoms with van der Waals surface area (Å²) in [4.78, 5) is 10.4. The number of rotatable bonds is 4. The zero-order valence-electron chi connectivity index (χ0n) is 14.9. The molecule has 3 aromatic heterocycles. The predicted molar refractivity (Wildman–Crippen MR) is 92.8 cm³/mol. The van der Waals surface area contributed by atoms with Gasteiger partial charge in [0.25, 0.3) is 5.89 Å². The summed E-state index contributed by atoms with van der Waals surface area (Å²) in [5, 5.41) is 8.31. The Morgan fingerprint density at radius 2 is 2.12 bits per heavy atom. The van der Waals surface area contributed by atoms with Crippen molar-refractivity contribution in [3.05, 3.63) is 47.9 Å². The van der Waals surface area contributed by atoms with Gasteiger partial charge in [0.15, 0.2) is 0 Å².